The molecular weight excluding hydrogens is 298 g/mol. The molecule has 0 saturated heterocycles. The van der Waals surface area contributed by atoms with Crippen LogP contribution in [0.2, 0.25) is 0 Å². The number of hydrogen-bond donors (Lipinski definition) is 1. The number of rotatable bonds is 2. The molecule has 1 atom stereocenters. The van der Waals surface area contributed by atoms with Crippen LogP contribution in [0.25, 0.3) is 0 Å². The number of ketones is 1. The molecule has 0 spiro atoms. The number of methoxy groups -OCH3 is 1. The van der Waals surface area contributed by atoms with E-state index >= 15 is 0 Å². The smallest absolute Gasteiger partial charge is 0.336 e. The van der Waals surface area contributed by atoms with Crippen LogP contribution < -0.4 is 5.32 Å². The van der Waals surface area contributed by atoms with Crippen molar-refractivity contribution in [2.75, 3.05) is 7.11 Å². The van der Waals surface area contributed by atoms with Crippen molar-refractivity contribution >= 4 is 23.1 Å². The van der Waals surface area contributed by atoms with Gasteiger partial charge in [-0.2, -0.15) is 0 Å². The monoisotopic (exact) mass is 317 g/mol. The number of thiophene rings is 1. The van der Waals surface area contributed by atoms with Crippen LogP contribution in [0.1, 0.15) is 41.9 Å². The summed E-state index contributed by atoms with van der Waals surface area (Å²) in [6.45, 7) is 3.91. The van der Waals surface area contributed by atoms with Crippen LogP contribution in [-0.2, 0) is 14.3 Å². The Hall–Kier alpha value is -1.88. The van der Waals surface area contributed by atoms with Crippen molar-refractivity contribution in [1.82, 2.24) is 5.32 Å². The van der Waals surface area contributed by atoms with Crippen LogP contribution in [0.4, 0.5) is 0 Å². The molecule has 5 heteroatoms. The quantitative estimate of drug-likeness (QED) is 0.851. The summed E-state index contributed by atoms with van der Waals surface area (Å²) >= 11 is 1.63. The first-order valence-electron chi connectivity index (χ1n) is 7.41. The van der Waals surface area contributed by atoms with Gasteiger partial charge in [-0.25, -0.2) is 4.79 Å². The molecule has 1 aromatic heterocycles. The fraction of sp³-hybridized carbons (Fsp3) is 0.412. The van der Waals surface area contributed by atoms with E-state index in [-0.39, 0.29) is 17.7 Å². The third kappa shape index (κ3) is 2.39. The second-order valence-corrected chi connectivity index (χ2v) is 7.03. The molecule has 0 amide bonds. The Balaban J connectivity index is 2.18. The summed E-state index contributed by atoms with van der Waals surface area (Å²) in [6, 6.07) is 4.04. The maximum atomic E-state index is 12.5. The van der Waals surface area contributed by atoms with Crippen LogP contribution in [0.15, 0.2) is 34.7 Å². The summed E-state index contributed by atoms with van der Waals surface area (Å²) in [5.41, 5.74) is 3.06. The van der Waals surface area contributed by atoms with Crippen LogP contribution in [0, 0.1) is 6.92 Å². The number of allylic oxidation sites excluding steroid dienone is 3. The number of hydrogen-bond acceptors (Lipinski definition) is 5. The summed E-state index contributed by atoms with van der Waals surface area (Å²) < 4.78 is 4.97. The highest BCUT2D eigenvalue weighted by Crippen LogP contribution is 2.44. The largest absolute Gasteiger partial charge is 0.466 e. The Morgan fingerprint density at radius 3 is 2.73 bits per heavy atom. The van der Waals surface area contributed by atoms with Gasteiger partial charge in [0.15, 0.2) is 5.78 Å². The molecular formula is C17H19NO3S. The number of carbonyl (C=O) groups is 2. The van der Waals surface area contributed by atoms with Gasteiger partial charge in [-0.3, -0.25) is 4.79 Å². The van der Waals surface area contributed by atoms with Gasteiger partial charge in [0.05, 0.1) is 18.6 Å². The van der Waals surface area contributed by atoms with Crippen LogP contribution in [-0.4, -0.2) is 18.9 Å². The zero-order chi connectivity index (χ0) is 15.9. The lowest BCUT2D eigenvalue weighted by Crippen LogP contribution is -2.33. The normalized spacial score (nSPS) is 21.6. The Kier molecular flexibility index (Phi) is 3.91. The lowest BCUT2D eigenvalue weighted by molar-refractivity contribution is -0.136. The number of esters is 1. The summed E-state index contributed by atoms with van der Waals surface area (Å²) in [6.07, 6.45) is 2.27. The molecule has 2 aliphatic rings. The molecule has 0 saturated carbocycles. The van der Waals surface area contributed by atoms with Gasteiger partial charge in [-0.1, -0.05) is 0 Å². The van der Waals surface area contributed by atoms with Gasteiger partial charge in [-0.05, 0) is 38.8 Å². The first kappa shape index (κ1) is 15.0. The first-order valence-corrected chi connectivity index (χ1v) is 8.23. The fourth-order valence-electron chi connectivity index (χ4n) is 3.26. The Labute approximate surface area is 133 Å². The van der Waals surface area contributed by atoms with Crippen LogP contribution >= 0.6 is 11.3 Å². The van der Waals surface area contributed by atoms with Crippen molar-refractivity contribution < 1.29 is 14.3 Å². The second kappa shape index (κ2) is 5.72. The Bertz CT molecular complexity index is 711. The zero-order valence-electron chi connectivity index (χ0n) is 13.0. The van der Waals surface area contributed by atoms with E-state index in [2.05, 4.69) is 5.32 Å². The summed E-state index contributed by atoms with van der Waals surface area (Å²) in [4.78, 5) is 27.0. The lowest BCUT2D eigenvalue weighted by atomic mass is 9.78. The predicted molar refractivity (Wildman–Crippen MR) is 85.5 cm³/mol. The summed E-state index contributed by atoms with van der Waals surface area (Å²) in [5, 5.41) is 3.26. The van der Waals surface area contributed by atoms with Gasteiger partial charge in [0.1, 0.15) is 0 Å². The third-order valence-corrected chi connectivity index (χ3v) is 5.29. The van der Waals surface area contributed by atoms with Crippen LogP contribution in [0.3, 0.4) is 0 Å². The Morgan fingerprint density at radius 2 is 2.09 bits per heavy atom. The van der Waals surface area contributed by atoms with Gasteiger partial charge < -0.3 is 10.1 Å². The molecule has 3 rings (SSSR count). The number of nitrogens with one attached hydrogen (secondary N) is 1. The molecule has 1 aromatic rings. The summed E-state index contributed by atoms with van der Waals surface area (Å²) in [7, 11) is 1.38. The second-order valence-electron chi connectivity index (χ2n) is 5.71. The van der Waals surface area contributed by atoms with E-state index in [1.807, 2.05) is 26.0 Å². The van der Waals surface area contributed by atoms with Gasteiger partial charge in [0, 0.05) is 33.1 Å². The first-order chi connectivity index (χ1) is 10.5. The predicted octanol–water partition coefficient (Wildman–Crippen LogP) is 3.20. The maximum absolute atomic E-state index is 12.5. The molecule has 4 nitrogen and oxygen atoms in total. The van der Waals surface area contributed by atoms with Gasteiger partial charge in [-0.15, -0.1) is 11.3 Å². The van der Waals surface area contributed by atoms with E-state index in [1.165, 1.54) is 12.0 Å². The molecule has 1 N–H and O–H groups in total. The van der Waals surface area contributed by atoms with Crippen molar-refractivity contribution in [3.63, 3.8) is 0 Å². The zero-order valence-corrected chi connectivity index (χ0v) is 13.8. The SMILES string of the molecule is COC(=O)C1=C(C)NC2=C(C(=O)CCC2)C1c1ccc(C)s1. The molecule has 0 bridgehead atoms. The van der Waals surface area contributed by atoms with E-state index in [0.29, 0.717) is 12.0 Å². The maximum Gasteiger partial charge on any atom is 0.336 e. The topological polar surface area (TPSA) is 55.4 Å². The van der Waals surface area contributed by atoms with E-state index in [9.17, 15) is 9.59 Å². The minimum Gasteiger partial charge on any atom is -0.466 e. The lowest BCUT2D eigenvalue weighted by Gasteiger charge is -2.33. The molecule has 1 aliphatic carbocycles. The molecule has 1 aliphatic heterocycles. The highest BCUT2D eigenvalue weighted by Gasteiger charge is 2.39. The van der Waals surface area contributed by atoms with Crippen molar-refractivity contribution in [1.29, 1.82) is 0 Å². The van der Waals surface area contributed by atoms with Crippen LogP contribution in [0.5, 0.6) is 0 Å². The molecule has 116 valence electrons. The molecule has 0 radical (unpaired) electrons. The highest BCUT2D eigenvalue weighted by molar-refractivity contribution is 7.12. The minimum atomic E-state index is -0.369. The van der Waals surface area contributed by atoms with Crippen molar-refractivity contribution in [2.45, 2.75) is 39.0 Å². The molecule has 1 unspecified atom stereocenters. The van der Waals surface area contributed by atoms with Gasteiger partial charge in [0.2, 0.25) is 0 Å². The van der Waals surface area contributed by atoms with E-state index in [0.717, 1.165) is 34.7 Å². The standard InChI is InChI=1S/C17H19NO3S/c1-9-7-8-13(22-9)16-14(17(20)21-3)10(2)18-11-5-4-6-12(19)15(11)16/h7-8,16,18H,4-6H2,1-3H3. The average molecular weight is 317 g/mol. The van der Waals surface area contributed by atoms with Crippen molar-refractivity contribution in [3.05, 3.63) is 44.4 Å². The van der Waals surface area contributed by atoms with Crippen molar-refractivity contribution in [2.24, 2.45) is 0 Å². The van der Waals surface area contributed by atoms with Gasteiger partial charge in [0.25, 0.3) is 0 Å². The van der Waals surface area contributed by atoms with Crippen molar-refractivity contribution in [3.8, 4) is 0 Å². The molecule has 22 heavy (non-hydrogen) atoms. The summed E-state index contributed by atoms with van der Waals surface area (Å²) in [5.74, 6) is -0.528. The average Bonchev–Trinajstić information content (AvgIpc) is 2.91. The van der Waals surface area contributed by atoms with E-state index < -0.39 is 0 Å². The number of aryl methyl sites for hydroxylation is 1. The molecule has 0 fully saturated rings. The van der Waals surface area contributed by atoms with E-state index in [1.54, 1.807) is 11.3 Å². The van der Waals surface area contributed by atoms with Gasteiger partial charge >= 0.3 is 5.97 Å². The molecule has 2 heterocycles. The number of ether oxygens (including phenoxy) is 1. The number of Topliss-reactive ketones (excluding diaryl/α,β-unsaturated/α-hetero) is 1. The third-order valence-electron chi connectivity index (χ3n) is 4.23. The van der Waals surface area contributed by atoms with E-state index in [4.69, 9.17) is 4.74 Å². The fourth-order valence-corrected chi connectivity index (χ4v) is 4.25. The number of carbonyl (C=O) groups excluding carboxylic acids is 2. The number of dihydropyridines is 1. The minimum absolute atomic E-state index is 0.138. The molecule has 0 aromatic carbocycles. The Morgan fingerprint density at radius 1 is 1.32 bits per heavy atom. The highest BCUT2D eigenvalue weighted by atomic mass is 32.1.